The van der Waals surface area contributed by atoms with Crippen molar-refractivity contribution in [3.63, 3.8) is 0 Å². The van der Waals surface area contributed by atoms with Crippen LogP contribution in [0.1, 0.15) is 15.9 Å². The van der Waals surface area contributed by atoms with Gasteiger partial charge in [-0.25, -0.2) is 5.43 Å². The van der Waals surface area contributed by atoms with E-state index in [1.807, 2.05) is 18.2 Å². The first-order valence-corrected chi connectivity index (χ1v) is 10.3. The van der Waals surface area contributed by atoms with E-state index in [4.69, 9.17) is 9.47 Å². The van der Waals surface area contributed by atoms with Crippen molar-refractivity contribution in [3.8, 4) is 11.5 Å². The van der Waals surface area contributed by atoms with Crippen LogP contribution in [0.15, 0.2) is 52.6 Å². The molecular formula is C18H15BrI2N2O3. The largest absolute Gasteiger partial charge is 0.496 e. The fraction of sp³-hybridized carbons (Fsp3) is 0.111. The van der Waals surface area contributed by atoms with Crippen LogP contribution in [-0.4, -0.2) is 25.8 Å². The Kier molecular flexibility index (Phi) is 8.35. The molecule has 0 fully saturated rings. The highest BCUT2D eigenvalue weighted by Gasteiger charge is 2.09. The van der Waals surface area contributed by atoms with Gasteiger partial charge < -0.3 is 9.47 Å². The Balaban J connectivity index is 2.08. The van der Waals surface area contributed by atoms with Gasteiger partial charge in [-0.1, -0.05) is 12.7 Å². The first-order valence-electron chi connectivity index (χ1n) is 7.36. The summed E-state index contributed by atoms with van der Waals surface area (Å²) < 4.78 is 13.5. The highest BCUT2D eigenvalue weighted by molar-refractivity contribution is 14.1. The molecule has 0 heterocycles. The number of carbonyl (C=O) groups excluding carboxylic acids is 1. The molecule has 1 N–H and O–H groups in total. The van der Waals surface area contributed by atoms with E-state index >= 15 is 0 Å². The first kappa shape index (κ1) is 21.2. The van der Waals surface area contributed by atoms with E-state index < -0.39 is 0 Å². The van der Waals surface area contributed by atoms with Gasteiger partial charge in [0.1, 0.15) is 18.1 Å². The number of hydrogen-bond acceptors (Lipinski definition) is 4. The summed E-state index contributed by atoms with van der Waals surface area (Å²) in [5, 5.41) is 4.02. The van der Waals surface area contributed by atoms with Crippen molar-refractivity contribution in [2.24, 2.45) is 5.10 Å². The molecule has 0 bridgehead atoms. The number of rotatable bonds is 7. The monoisotopic (exact) mass is 640 g/mol. The molecule has 2 aromatic carbocycles. The van der Waals surface area contributed by atoms with Crippen LogP contribution in [0.4, 0.5) is 0 Å². The fourth-order valence-electron chi connectivity index (χ4n) is 1.97. The zero-order valence-corrected chi connectivity index (χ0v) is 19.7. The van der Waals surface area contributed by atoms with E-state index in [1.54, 1.807) is 31.5 Å². The lowest BCUT2D eigenvalue weighted by atomic mass is 10.2. The lowest BCUT2D eigenvalue weighted by Gasteiger charge is -2.09. The SMILES string of the molecule is C=CCOc1c(Br)cc(/C=N\NC(=O)c2ccc(I)c(OC)c2)cc1I. The number of methoxy groups -OCH3 is 1. The molecule has 0 aliphatic heterocycles. The second kappa shape index (κ2) is 10.3. The molecule has 0 aliphatic rings. The van der Waals surface area contributed by atoms with Crippen LogP contribution in [-0.2, 0) is 0 Å². The number of nitrogens with zero attached hydrogens (tertiary/aromatic N) is 1. The molecule has 0 aliphatic carbocycles. The Hall–Kier alpha value is -1.14. The van der Waals surface area contributed by atoms with Gasteiger partial charge in [-0.05, 0) is 97.0 Å². The lowest BCUT2D eigenvalue weighted by molar-refractivity contribution is 0.0954. The Labute approximate surface area is 187 Å². The molecule has 2 aromatic rings. The van der Waals surface area contributed by atoms with Crippen LogP contribution in [0.3, 0.4) is 0 Å². The summed E-state index contributed by atoms with van der Waals surface area (Å²) in [6.07, 6.45) is 3.26. The number of halogens is 3. The summed E-state index contributed by atoms with van der Waals surface area (Å²) in [5.41, 5.74) is 3.82. The van der Waals surface area contributed by atoms with Crippen LogP contribution in [0.5, 0.6) is 11.5 Å². The highest BCUT2D eigenvalue weighted by Crippen LogP contribution is 2.31. The topological polar surface area (TPSA) is 59.9 Å². The number of ether oxygens (including phenoxy) is 2. The molecule has 0 aromatic heterocycles. The molecule has 2 rings (SSSR count). The number of carbonyl (C=O) groups is 1. The Morgan fingerprint density at radius 3 is 2.73 bits per heavy atom. The third-order valence-corrected chi connectivity index (χ3v) is 5.44. The van der Waals surface area contributed by atoms with E-state index in [1.165, 1.54) is 0 Å². The second-order valence-corrected chi connectivity index (χ2v) is 8.14. The Morgan fingerprint density at radius 1 is 1.31 bits per heavy atom. The third-order valence-electron chi connectivity index (χ3n) is 3.16. The summed E-state index contributed by atoms with van der Waals surface area (Å²) in [7, 11) is 1.57. The quantitative estimate of drug-likeness (QED) is 0.201. The van der Waals surface area contributed by atoms with Gasteiger partial charge in [-0.2, -0.15) is 5.10 Å². The Bertz CT molecular complexity index is 833. The molecule has 26 heavy (non-hydrogen) atoms. The number of hydrogen-bond donors (Lipinski definition) is 1. The van der Waals surface area contributed by atoms with Gasteiger partial charge in [0.25, 0.3) is 5.91 Å². The van der Waals surface area contributed by atoms with E-state index in [0.717, 1.165) is 22.9 Å². The van der Waals surface area contributed by atoms with Crippen molar-refractivity contribution in [2.75, 3.05) is 13.7 Å². The van der Waals surface area contributed by atoms with Gasteiger partial charge in [0.15, 0.2) is 0 Å². The zero-order chi connectivity index (χ0) is 19.1. The lowest BCUT2D eigenvalue weighted by Crippen LogP contribution is -2.17. The minimum Gasteiger partial charge on any atom is -0.496 e. The van der Waals surface area contributed by atoms with Crippen molar-refractivity contribution in [1.82, 2.24) is 5.43 Å². The number of nitrogens with one attached hydrogen (secondary N) is 1. The van der Waals surface area contributed by atoms with Crippen molar-refractivity contribution in [1.29, 1.82) is 0 Å². The van der Waals surface area contributed by atoms with Gasteiger partial charge in [-0.3, -0.25) is 4.79 Å². The molecule has 5 nitrogen and oxygen atoms in total. The van der Waals surface area contributed by atoms with E-state index in [2.05, 4.69) is 78.2 Å². The predicted octanol–water partition coefficient (Wildman–Crippen LogP) is 5.00. The van der Waals surface area contributed by atoms with Crippen molar-refractivity contribution in [3.05, 3.63) is 65.7 Å². The highest BCUT2D eigenvalue weighted by atomic mass is 127. The van der Waals surface area contributed by atoms with Gasteiger partial charge in [0.2, 0.25) is 0 Å². The molecule has 0 unspecified atom stereocenters. The minimum atomic E-state index is -0.310. The molecule has 0 saturated carbocycles. The maximum atomic E-state index is 12.2. The maximum absolute atomic E-state index is 12.2. The minimum absolute atomic E-state index is 0.310. The zero-order valence-electron chi connectivity index (χ0n) is 13.8. The van der Waals surface area contributed by atoms with Crippen molar-refractivity contribution >= 4 is 73.2 Å². The first-order chi connectivity index (χ1) is 12.5. The summed E-state index contributed by atoms with van der Waals surface area (Å²) in [4.78, 5) is 12.2. The van der Waals surface area contributed by atoms with E-state index in [9.17, 15) is 4.79 Å². The number of amides is 1. The maximum Gasteiger partial charge on any atom is 0.271 e. The summed E-state index contributed by atoms with van der Waals surface area (Å²) >= 11 is 7.81. The number of benzene rings is 2. The van der Waals surface area contributed by atoms with Crippen molar-refractivity contribution in [2.45, 2.75) is 0 Å². The van der Waals surface area contributed by atoms with Gasteiger partial charge >= 0.3 is 0 Å². The summed E-state index contributed by atoms with van der Waals surface area (Å²) in [6.45, 7) is 4.07. The average Bonchev–Trinajstić information content (AvgIpc) is 2.61. The van der Waals surface area contributed by atoms with Crippen LogP contribution in [0.25, 0.3) is 0 Å². The summed E-state index contributed by atoms with van der Waals surface area (Å²) in [5.74, 6) is 1.09. The van der Waals surface area contributed by atoms with E-state index in [0.29, 0.717) is 17.9 Å². The normalized spacial score (nSPS) is 10.6. The molecule has 0 spiro atoms. The van der Waals surface area contributed by atoms with E-state index in [-0.39, 0.29) is 5.91 Å². The van der Waals surface area contributed by atoms with Gasteiger partial charge in [-0.15, -0.1) is 0 Å². The standard InChI is InChI=1S/C18H15BrI2N2O3/c1-3-6-26-17-13(19)7-11(8-15(17)21)10-22-23-18(24)12-4-5-14(20)16(9-12)25-2/h3-5,7-10H,1,6H2,2H3,(H,23,24)/b22-10-. The second-order valence-electron chi connectivity index (χ2n) is 4.96. The average molecular weight is 641 g/mol. The van der Waals surface area contributed by atoms with Crippen LogP contribution in [0.2, 0.25) is 0 Å². The molecular weight excluding hydrogens is 626 g/mol. The van der Waals surface area contributed by atoms with Crippen molar-refractivity contribution < 1.29 is 14.3 Å². The molecule has 0 saturated heterocycles. The van der Waals surface area contributed by atoms with Crippen LogP contribution < -0.4 is 14.9 Å². The molecule has 1 amide bonds. The van der Waals surface area contributed by atoms with Crippen LogP contribution in [0, 0.1) is 7.14 Å². The Morgan fingerprint density at radius 2 is 2.08 bits per heavy atom. The predicted molar refractivity (Wildman–Crippen MR) is 123 cm³/mol. The van der Waals surface area contributed by atoms with Gasteiger partial charge in [0, 0.05) is 5.56 Å². The molecule has 136 valence electrons. The third kappa shape index (κ3) is 5.68. The smallest absolute Gasteiger partial charge is 0.271 e. The molecule has 0 radical (unpaired) electrons. The van der Waals surface area contributed by atoms with Crippen LogP contribution >= 0.6 is 61.1 Å². The molecule has 0 atom stereocenters. The summed E-state index contributed by atoms with van der Waals surface area (Å²) in [6, 6.07) is 9.00. The van der Waals surface area contributed by atoms with Gasteiger partial charge in [0.05, 0.1) is 24.9 Å². The molecule has 8 heteroatoms. The number of hydrazone groups is 1. The fourth-order valence-corrected chi connectivity index (χ4v) is 4.29.